The molecule has 4 nitrogen and oxygen atoms in total. The molecule has 0 aromatic heterocycles. The molecule has 0 unspecified atom stereocenters. The van der Waals surface area contributed by atoms with E-state index in [1.165, 1.54) is 0 Å². The van der Waals surface area contributed by atoms with Gasteiger partial charge in [0.2, 0.25) is 11.8 Å². The SMILES string of the molecule is CC(C)[C@H](NC(=O)Cc1ccc2ccccc2c1)C(=O)N1CCSCC1. The van der Waals surface area contributed by atoms with Gasteiger partial charge in [0.1, 0.15) is 6.04 Å². The summed E-state index contributed by atoms with van der Waals surface area (Å²) in [6, 6.07) is 13.7. The second-order valence-electron chi connectivity index (χ2n) is 7.09. The Morgan fingerprint density at radius 3 is 2.46 bits per heavy atom. The van der Waals surface area contributed by atoms with Gasteiger partial charge in [-0.3, -0.25) is 9.59 Å². The van der Waals surface area contributed by atoms with E-state index in [0.29, 0.717) is 0 Å². The van der Waals surface area contributed by atoms with Crippen LogP contribution in [0.1, 0.15) is 19.4 Å². The Hall–Kier alpha value is -2.01. The van der Waals surface area contributed by atoms with E-state index in [0.717, 1.165) is 40.9 Å². The van der Waals surface area contributed by atoms with Gasteiger partial charge in [0.15, 0.2) is 0 Å². The number of fused-ring (bicyclic) bond motifs is 1. The molecule has 1 atom stereocenters. The standard InChI is InChI=1S/C21H26N2O2S/c1-15(2)20(21(25)23-9-11-26-12-10-23)22-19(24)14-16-7-8-17-5-3-4-6-18(17)13-16/h3-8,13,15,20H,9-12,14H2,1-2H3,(H,22,24)/t20-/m0/s1. The zero-order valence-electron chi connectivity index (χ0n) is 15.4. The number of hydrogen-bond donors (Lipinski definition) is 1. The van der Waals surface area contributed by atoms with Crippen LogP contribution in [0.4, 0.5) is 0 Å². The molecule has 0 aliphatic carbocycles. The first kappa shape index (κ1) is 18.8. The molecule has 0 saturated carbocycles. The van der Waals surface area contributed by atoms with Crippen molar-refractivity contribution in [3.05, 3.63) is 48.0 Å². The lowest BCUT2D eigenvalue weighted by Gasteiger charge is -2.32. The second-order valence-corrected chi connectivity index (χ2v) is 8.31. The van der Waals surface area contributed by atoms with Crippen molar-refractivity contribution in [2.45, 2.75) is 26.3 Å². The van der Waals surface area contributed by atoms with Crippen LogP contribution in [0.25, 0.3) is 10.8 Å². The van der Waals surface area contributed by atoms with Crippen LogP contribution < -0.4 is 5.32 Å². The Balaban J connectivity index is 1.66. The predicted molar refractivity (Wildman–Crippen MR) is 108 cm³/mol. The van der Waals surface area contributed by atoms with Crippen molar-refractivity contribution in [1.29, 1.82) is 0 Å². The fourth-order valence-electron chi connectivity index (χ4n) is 3.25. The van der Waals surface area contributed by atoms with Crippen molar-refractivity contribution < 1.29 is 9.59 Å². The largest absolute Gasteiger partial charge is 0.344 e. The predicted octanol–water partition coefficient (Wildman–Crippen LogP) is 3.10. The van der Waals surface area contributed by atoms with Gasteiger partial charge in [0, 0.05) is 24.6 Å². The summed E-state index contributed by atoms with van der Waals surface area (Å²) in [5.41, 5.74) is 0.963. The minimum atomic E-state index is -0.453. The van der Waals surface area contributed by atoms with Gasteiger partial charge in [0.05, 0.1) is 6.42 Å². The maximum Gasteiger partial charge on any atom is 0.245 e. The van der Waals surface area contributed by atoms with Gasteiger partial charge in [-0.25, -0.2) is 0 Å². The molecule has 2 amide bonds. The third kappa shape index (κ3) is 4.58. The van der Waals surface area contributed by atoms with Crippen LogP contribution in [0.2, 0.25) is 0 Å². The Morgan fingerprint density at radius 2 is 1.77 bits per heavy atom. The van der Waals surface area contributed by atoms with Crippen LogP contribution >= 0.6 is 11.8 Å². The zero-order valence-corrected chi connectivity index (χ0v) is 16.2. The molecule has 1 aliphatic rings. The van der Waals surface area contributed by atoms with E-state index in [9.17, 15) is 9.59 Å². The van der Waals surface area contributed by atoms with E-state index in [1.54, 1.807) is 0 Å². The van der Waals surface area contributed by atoms with E-state index < -0.39 is 6.04 Å². The molecule has 5 heteroatoms. The monoisotopic (exact) mass is 370 g/mol. The Labute approximate surface area is 159 Å². The van der Waals surface area contributed by atoms with Crippen molar-refractivity contribution in [1.82, 2.24) is 10.2 Å². The van der Waals surface area contributed by atoms with Gasteiger partial charge in [-0.05, 0) is 22.3 Å². The summed E-state index contributed by atoms with van der Waals surface area (Å²) in [6.07, 6.45) is 0.289. The summed E-state index contributed by atoms with van der Waals surface area (Å²) in [7, 11) is 0. The van der Waals surface area contributed by atoms with E-state index in [4.69, 9.17) is 0 Å². The van der Waals surface area contributed by atoms with Crippen LogP contribution in [0.3, 0.4) is 0 Å². The van der Waals surface area contributed by atoms with Gasteiger partial charge in [-0.15, -0.1) is 0 Å². The highest BCUT2D eigenvalue weighted by Gasteiger charge is 2.29. The molecule has 1 fully saturated rings. The summed E-state index contributed by atoms with van der Waals surface area (Å²) in [5, 5.41) is 5.26. The van der Waals surface area contributed by atoms with Crippen molar-refractivity contribution >= 4 is 34.3 Å². The lowest BCUT2D eigenvalue weighted by atomic mass is 10.0. The molecular weight excluding hydrogens is 344 g/mol. The number of nitrogens with zero attached hydrogens (tertiary/aromatic N) is 1. The molecular formula is C21H26N2O2S. The fraction of sp³-hybridized carbons (Fsp3) is 0.429. The Bertz CT molecular complexity index is 784. The van der Waals surface area contributed by atoms with Crippen LogP contribution in [-0.4, -0.2) is 47.4 Å². The number of benzene rings is 2. The van der Waals surface area contributed by atoms with Crippen LogP contribution in [0.15, 0.2) is 42.5 Å². The molecule has 0 radical (unpaired) electrons. The molecule has 26 heavy (non-hydrogen) atoms. The smallest absolute Gasteiger partial charge is 0.245 e. The lowest BCUT2D eigenvalue weighted by Crippen LogP contribution is -2.53. The second kappa shape index (κ2) is 8.58. The molecule has 3 rings (SSSR count). The number of amides is 2. The van der Waals surface area contributed by atoms with Crippen LogP contribution in [0.5, 0.6) is 0 Å². The molecule has 1 N–H and O–H groups in total. The zero-order chi connectivity index (χ0) is 18.5. The summed E-state index contributed by atoms with van der Waals surface area (Å²) in [5.74, 6) is 1.96. The molecule has 1 aliphatic heterocycles. The minimum Gasteiger partial charge on any atom is -0.344 e. The molecule has 2 aromatic carbocycles. The summed E-state index contributed by atoms with van der Waals surface area (Å²) >= 11 is 1.87. The van der Waals surface area contributed by atoms with E-state index in [2.05, 4.69) is 11.4 Å². The number of carbonyl (C=O) groups excluding carboxylic acids is 2. The normalized spacial score (nSPS) is 15.9. The molecule has 0 spiro atoms. The molecule has 138 valence electrons. The topological polar surface area (TPSA) is 49.4 Å². The van der Waals surface area contributed by atoms with E-state index in [1.807, 2.05) is 66.9 Å². The molecule has 0 bridgehead atoms. The van der Waals surface area contributed by atoms with Crippen molar-refractivity contribution in [2.24, 2.45) is 5.92 Å². The van der Waals surface area contributed by atoms with Gasteiger partial charge in [0.25, 0.3) is 0 Å². The number of rotatable bonds is 5. The summed E-state index contributed by atoms with van der Waals surface area (Å²) in [6.45, 7) is 5.51. The third-order valence-corrected chi connectivity index (χ3v) is 5.69. The number of nitrogens with one attached hydrogen (secondary N) is 1. The Morgan fingerprint density at radius 1 is 1.08 bits per heavy atom. The highest BCUT2D eigenvalue weighted by atomic mass is 32.2. The highest BCUT2D eigenvalue weighted by molar-refractivity contribution is 7.99. The highest BCUT2D eigenvalue weighted by Crippen LogP contribution is 2.17. The van der Waals surface area contributed by atoms with Crippen molar-refractivity contribution in [3.63, 3.8) is 0 Å². The van der Waals surface area contributed by atoms with Gasteiger partial charge in [-0.2, -0.15) is 11.8 Å². The quantitative estimate of drug-likeness (QED) is 0.880. The summed E-state index contributed by atoms with van der Waals surface area (Å²) in [4.78, 5) is 27.3. The van der Waals surface area contributed by atoms with Crippen molar-refractivity contribution in [3.8, 4) is 0 Å². The average molecular weight is 371 g/mol. The maximum absolute atomic E-state index is 12.8. The maximum atomic E-state index is 12.8. The first-order valence-corrected chi connectivity index (χ1v) is 10.3. The average Bonchev–Trinajstić information content (AvgIpc) is 2.66. The fourth-order valence-corrected chi connectivity index (χ4v) is 4.16. The van der Waals surface area contributed by atoms with E-state index in [-0.39, 0.29) is 24.2 Å². The minimum absolute atomic E-state index is 0.0483. The first-order chi connectivity index (χ1) is 12.5. The van der Waals surface area contributed by atoms with Gasteiger partial charge in [-0.1, -0.05) is 56.3 Å². The Kier molecular flexibility index (Phi) is 6.20. The van der Waals surface area contributed by atoms with Crippen LogP contribution in [-0.2, 0) is 16.0 Å². The lowest BCUT2D eigenvalue weighted by molar-refractivity contribution is -0.137. The molecule has 2 aromatic rings. The van der Waals surface area contributed by atoms with Gasteiger partial charge >= 0.3 is 0 Å². The van der Waals surface area contributed by atoms with E-state index >= 15 is 0 Å². The molecule has 1 saturated heterocycles. The first-order valence-electron chi connectivity index (χ1n) is 9.18. The number of carbonyl (C=O) groups is 2. The van der Waals surface area contributed by atoms with Crippen LogP contribution in [0, 0.1) is 5.92 Å². The number of thioether (sulfide) groups is 1. The number of hydrogen-bond acceptors (Lipinski definition) is 3. The molecule has 1 heterocycles. The van der Waals surface area contributed by atoms with Gasteiger partial charge < -0.3 is 10.2 Å². The summed E-state index contributed by atoms with van der Waals surface area (Å²) < 4.78 is 0. The third-order valence-electron chi connectivity index (χ3n) is 4.75. The van der Waals surface area contributed by atoms with Crippen molar-refractivity contribution in [2.75, 3.05) is 24.6 Å².